The molecule has 0 amide bonds. The number of aryl methyl sites for hydroxylation is 1. The van der Waals surface area contributed by atoms with Gasteiger partial charge in [0.25, 0.3) is 0 Å². The molecule has 0 aromatic carbocycles. The normalized spacial score (nSPS) is 22.8. The highest BCUT2D eigenvalue weighted by Gasteiger charge is 2.25. The monoisotopic (exact) mass is 262 g/mol. The lowest BCUT2D eigenvalue weighted by atomic mass is 10.1. The van der Waals surface area contributed by atoms with Gasteiger partial charge in [0, 0.05) is 31.8 Å². The van der Waals surface area contributed by atoms with Gasteiger partial charge in [0.1, 0.15) is 17.5 Å². The average Bonchev–Trinajstić information content (AvgIpc) is 3.05. The maximum atomic E-state index is 9.02. The van der Waals surface area contributed by atoms with Gasteiger partial charge in [-0.1, -0.05) is 0 Å². The van der Waals surface area contributed by atoms with Gasteiger partial charge in [0.15, 0.2) is 0 Å². The van der Waals surface area contributed by atoms with Crippen molar-refractivity contribution in [2.45, 2.75) is 38.6 Å². The molecule has 1 saturated heterocycles. The molecule has 2 aliphatic rings. The Morgan fingerprint density at radius 3 is 2.95 bits per heavy atom. The van der Waals surface area contributed by atoms with Gasteiger partial charge in [0.2, 0.25) is 0 Å². The lowest BCUT2D eigenvalue weighted by molar-refractivity contribution is 0.263. The number of aliphatic hydroxyl groups is 1. The summed E-state index contributed by atoms with van der Waals surface area (Å²) in [5, 5.41) is 12.5. The second kappa shape index (κ2) is 5.33. The quantitative estimate of drug-likeness (QED) is 0.843. The van der Waals surface area contributed by atoms with Gasteiger partial charge in [-0.25, -0.2) is 9.97 Å². The zero-order valence-corrected chi connectivity index (χ0v) is 11.5. The first-order chi connectivity index (χ1) is 9.24. The van der Waals surface area contributed by atoms with Crippen LogP contribution in [-0.2, 0) is 0 Å². The smallest absolute Gasteiger partial charge is 0.134 e. The number of hydrogen-bond donors (Lipinski definition) is 2. The lowest BCUT2D eigenvalue weighted by Gasteiger charge is -2.18. The molecule has 1 atom stereocenters. The van der Waals surface area contributed by atoms with E-state index in [-0.39, 0.29) is 6.61 Å². The van der Waals surface area contributed by atoms with Gasteiger partial charge in [-0.2, -0.15) is 0 Å². The third kappa shape index (κ3) is 3.15. The molecule has 0 spiro atoms. The minimum atomic E-state index is 0.287. The molecule has 1 aliphatic carbocycles. The molecule has 5 heteroatoms. The van der Waals surface area contributed by atoms with Crippen molar-refractivity contribution in [2.24, 2.45) is 5.92 Å². The van der Waals surface area contributed by atoms with Crippen molar-refractivity contribution in [1.29, 1.82) is 0 Å². The molecular weight excluding hydrogens is 240 g/mol. The van der Waals surface area contributed by atoms with E-state index in [1.165, 1.54) is 12.8 Å². The van der Waals surface area contributed by atoms with E-state index in [0.29, 0.717) is 12.0 Å². The summed E-state index contributed by atoms with van der Waals surface area (Å²) in [6, 6.07) is 2.68. The highest BCUT2D eigenvalue weighted by molar-refractivity contribution is 5.51. The Bertz CT molecular complexity index is 447. The molecule has 2 N–H and O–H groups in total. The molecule has 5 nitrogen and oxygen atoms in total. The van der Waals surface area contributed by atoms with E-state index < -0.39 is 0 Å². The van der Waals surface area contributed by atoms with Crippen LogP contribution in [0, 0.1) is 12.8 Å². The third-order valence-electron chi connectivity index (χ3n) is 3.90. The summed E-state index contributed by atoms with van der Waals surface area (Å²) in [5.74, 6) is 3.40. The first-order valence-corrected chi connectivity index (χ1v) is 7.22. The molecule has 1 aromatic rings. The maximum Gasteiger partial charge on any atom is 0.134 e. The Morgan fingerprint density at radius 1 is 1.37 bits per heavy atom. The van der Waals surface area contributed by atoms with Crippen molar-refractivity contribution in [1.82, 2.24) is 9.97 Å². The molecule has 1 saturated carbocycles. The van der Waals surface area contributed by atoms with E-state index in [4.69, 9.17) is 5.11 Å². The molecule has 2 fully saturated rings. The second-order valence-corrected chi connectivity index (χ2v) is 5.69. The highest BCUT2D eigenvalue weighted by Crippen LogP contribution is 2.28. The van der Waals surface area contributed by atoms with Crippen molar-refractivity contribution in [3.05, 3.63) is 11.9 Å². The van der Waals surface area contributed by atoms with Crippen LogP contribution < -0.4 is 10.2 Å². The zero-order chi connectivity index (χ0) is 13.2. The lowest BCUT2D eigenvalue weighted by Crippen LogP contribution is -2.22. The van der Waals surface area contributed by atoms with Crippen LogP contribution in [-0.4, -0.2) is 40.8 Å². The van der Waals surface area contributed by atoms with Gasteiger partial charge in [-0.15, -0.1) is 0 Å². The summed E-state index contributed by atoms with van der Waals surface area (Å²) in [6.45, 7) is 4.27. The molecule has 1 unspecified atom stereocenters. The summed E-state index contributed by atoms with van der Waals surface area (Å²) in [7, 11) is 0. The molecule has 0 radical (unpaired) electrons. The Morgan fingerprint density at radius 2 is 2.21 bits per heavy atom. The number of aromatic nitrogens is 2. The van der Waals surface area contributed by atoms with Crippen molar-refractivity contribution in [3.63, 3.8) is 0 Å². The minimum Gasteiger partial charge on any atom is -0.396 e. The van der Waals surface area contributed by atoms with Crippen LogP contribution in [0.1, 0.15) is 31.5 Å². The van der Waals surface area contributed by atoms with Crippen molar-refractivity contribution < 1.29 is 5.11 Å². The van der Waals surface area contributed by atoms with Crippen molar-refractivity contribution in [3.8, 4) is 0 Å². The Balaban J connectivity index is 1.71. The van der Waals surface area contributed by atoms with Crippen LogP contribution in [0.4, 0.5) is 11.6 Å². The van der Waals surface area contributed by atoms with E-state index in [1.54, 1.807) is 0 Å². The maximum absolute atomic E-state index is 9.02. The fourth-order valence-corrected chi connectivity index (χ4v) is 2.68. The van der Waals surface area contributed by atoms with E-state index in [0.717, 1.165) is 43.4 Å². The van der Waals surface area contributed by atoms with E-state index in [9.17, 15) is 0 Å². The molecule has 0 bridgehead atoms. The summed E-state index contributed by atoms with van der Waals surface area (Å²) >= 11 is 0. The van der Waals surface area contributed by atoms with Crippen LogP contribution in [0.3, 0.4) is 0 Å². The molecule has 1 aromatic heterocycles. The summed E-state index contributed by atoms with van der Waals surface area (Å²) < 4.78 is 0. The van der Waals surface area contributed by atoms with Crippen LogP contribution >= 0.6 is 0 Å². The predicted octanol–water partition coefficient (Wildman–Crippen LogP) is 1.57. The molecule has 1 aliphatic heterocycles. The number of aliphatic hydroxyl groups excluding tert-OH is 1. The van der Waals surface area contributed by atoms with Crippen LogP contribution in [0.2, 0.25) is 0 Å². The van der Waals surface area contributed by atoms with E-state index >= 15 is 0 Å². The van der Waals surface area contributed by atoms with Crippen LogP contribution in [0.25, 0.3) is 0 Å². The van der Waals surface area contributed by atoms with Gasteiger partial charge >= 0.3 is 0 Å². The first kappa shape index (κ1) is 12.7. The van der Waals surface area contributed by atoms with E-state index in [2.05, 4.69) is 26.3 Å². The SMILES string of the molecule is Cc1nc(NC2CC2)cc(N2CCC(CCO)C2)n1. The summed E-state index contributed by atoms with van der Waals surface area (Å²) in [4.78, 5) is 11.3. The third-order valence-corrected chi connectivity index (χ3v) is 3.90. The van der Waals surface area contributed by atoms with E-state index in [1.807, 2.05) is 6.92 Å². The number of nitrogens with zero attached hydrogens (tertiary/aromatic N) is 3. The predicted molar refractivity (Wildman–Crippen MR) is 75.4 cm³/mol. The minimum absolute atomic E-state index is 0.287. The van der Waals surface area contributed by atoms with Crippen LogP contribution in [0.15, 0.2) is 6.07 Å². The Hall–Kier alpha value is -1.36. The fourth-order valence-electron chi connectivity index (χ4n) is 2.68. The van der Waals surface area contributed by atoms with Gasteiger partial charge in [-0.3, -0.25) is 0 Å². The number of rotatable bonds is 5. The molecule has 19 heavy (non-hydrogen) atoms. The Kier molecular flexibility index (Phi) is 3.55. The van der Waals surface area contributed by atoms with Gasteiger partial charge in [-0.05, 0) is 38.5 Å². The molecular formula is C14H22N4O. The molecule has 104 valence electrons. The fraction of sp³-hybridized carbons (Fsp3) is 0.714. The van der Waals surface area contributed by atoms with Gasteiger partial charge in [0.05, 0.1) is 0 Å². The largest absolute Gasteiger partial charge is 0.396 e. The number of hydrogen-bond acceptors (Lipinski definition) is 5. The Labute approximate surface area is 114 Å². The zero-order valence-electron chi connectivity index (χ0n) is 11.5. The summed E-state index contributed by atoms with van der Waals surface area (Å²) in [6.07, 6.45) is 4.55. The highest BCUT2D eigenvalue weighted by atomic mass is 16.3. The van der Waals surface area contributed by atoms with Gasteiger partial charge < -0.3 is 15.3 Å². The average molecular weight is 262 g/mol. The molecule has 2 heterocycles. The van der Waals surface area contributed by atoms with Crippen molar-refractivity contribution in [2.75, 3.05) is 29.9 Å². The number of anilines is 2. The van der Waals surface area contributed by atoms with Crippen molar-refractivity contribution >= 4 is 11.6 Å². The second-order valence-electron chi connectivity index (χ2n) is 5.69. The first-order valence-electron chi connectivity index (χ1n) is 7.22. The number of nitrogens with one attached hydrogen (secondary N) is 1. The standard InChI is InChI=1S/C14H22N4O/c1-10-15-13(17-12-2-3-12)8-14(16-10)18-6-4-11(9-18)5-7-19/h8,11-12,19H,2-7,9H2,1H3,(H,15,16,17). The summed E-state index contributed by atoms with van der Waals surface area (Å²) in [5.41, 5.74) is 0. The molecule has 3 rings (SSSR count). The van der Waals surface area contributed by atoms with Crippen LogP contribution in [0.5, 0.6) is 0 Å². The topological polar surface area (TPSA) is 61.3 Å².